The number of hydrogen-bond donors (Lipinski definition) is 1. The zero-order valence-corrected chi connectivity index (χ0v) is 14.8. The fourth-order valence-corrected chi connectivity index (χ4v) is 2.72. The van der Waals surface area contributed by atoms with Crippen molar-refractivity contribution >= 4 is 35.6 Å². The largest absolute Gasteiger partial charge is 0.495 e. The normalized spacial score (nSPS) is 10.3. The van der Waals surface area contributed by atoms with Gasteiger partial charge in [-0.15, -0.1) is 0 Å². The van der Waals surface area contributed by atoms with Gasteiger partial charge in [0.25, 0.3) is 0 Å². The van der Waals surface area contributed by atoms with Crippen molar-refractivity contribution < 1.29 is 9.47 Å². The van der Waals surface area contributed by atoms with Crippen molar-refractivity contribution in [2.24, 2.45) is 5.10 Å². The van der Waals surface area contributed by atoms with Crippen molar-refractivity contribution in [2.45, 2.75) is 19.9 Å². The van der Waals surface area contributed by atoms with E-state index in [1.54, 1.807) is 20.3 Å². The Morgan fingerprint density at radius 3 is 2.14 bits per heavy atom. The zero-order chi connectivity index (χ0) is 16.9. The lowest BCUT2D eigenvalue weighted by atomic mass is 10.2. The van der Waals surface area contributed by atoms with E-state index in [-0.39, 0.29) is 6.04 Å². The van der Waals surface area contributed by atoms with Crippen LogP contribution in [-0.4, -0.2) is 33.5 Å². The van der Waals surface area contributed by atoms with Crippen LogP contribution in [0, 0.1) is 0 Å². The summed E-state index contributed by atoms with van der Waals surface area (Å²) in [7, 11) is 3.08. The maximum atomic E-state index is 6.45. The molecule has 0 fully saturated rings. The van der Waals surface area contributed by atoms with Crippen LogP contribution in [0.3, 0.4) is 0 Å². The Hall–Kier alpha value is -1.59. The van der Waals surface area contributed by atoms with E-state index < -0.39 is 0 Å². The van der Waals surface area contributed by atoms with Crippen LogP contribution in [0.2, 0.25) is 10.0 Å². The Labute approximate surface area is 141 Å². The molecule has 0 radical (unpaired) electrons. The standard InChI is InChI=1S/C15H21Cl2N3O2/c1-9(2)20(8-10(3)19-18-4)15-13(16)11(21-5)7-12(22-6)14(15)17/h7,9,19H,3-4,8H2,1-2,5-6H3. The quantitative estimate of drug-likeness (QED) is 0.572. The molecule has 0 unspecified atom stereocenters. The molecule has 1 aromatic carbocycles. The minimum absolute atomic E-state index is 0.107. The van der Waals surface area contributed by atoms with E-state index in [4.69, 9.17) is 32.7 Å². The second-order valence-corrected chi connectivity index (χ2v) is 5.61. The van der Waals surface area contributed by atoms with Gasteiger partial charge in [-0.05, 0) is 13.8 Å². The smallest absolute Gasteiger partial charge is 0.143 e. The first-order valence-electron chi connectivity index (χ1n) is 6.63. The predicted molar refractivity (Wildman–Crippen MR) is 93.9 cm³/mol. The molecule has 1 aromatic rings. The minimum Gasteiger partial charge on any atom is -0.495 e. The van der Waals surface area contributed by atoms with Gasteiger partial charge in [0.1, 0.15) is 21.5 Å². The van der Waals surface area contributed by atoms with Gasteiger partial charge in [-0.25, -0.2) is 0 Å². The Bertz CT molecular complexity index is 534. The highest BCUT2D eigenvalue weighted by atomic mass is 35.5. The summed E-state index contributed by atoms with van der Waals surface area (Å²) >= 11 is 12.9. The Kier molecular flexibility index (Phi) is 6.84. The van der Waals surface area contributed by atoms with Crippen LogP contribution < -0.4 is 19.8 Å². The molecule has 0 spiro atoms. The van der Waals surface area contributed by atoms with E-state index in [0.29, 0.717) is 39.5 Å². The summed E-state index contributed by atoms with van der Waals surface area (Å²) in [5.41, 5.74) is 4.02. The number of anilines is 1. The lowest BCUT2D eigenvalue weighted by Crippen LogP contribution is -2.35. The third kappa shape index (κ3) is 3.99. The van der Waals surface area contributed by atoms with Crippen molar-refractivity contribution in [3.05, 3.63) is 28.4 Å². The summed E-state index contributed by atoms with van der Waals surface area (Å²) in [6.07, 6.45) is 0. The highest BCUT2D eigenvalue weighted by Gasteiger charge is 2.24. The number of halogens is 2. The SMILES string of the molecule is C=NNC(=C)CN(c1c(Cl)c(OC)cc(OC)c1Cl)C(C)C. The molecule has 5 nitrogen and oxygen atoms in total. The number of rotatable bonds is 8. The fourth-order valence-electron chi connectivity index (χ4n) is 2.00. The van der Waals surface area contributed by atoms with Crippen molar-refractivity contribution in [1.29, 1.82) is 0 Å². The molecule has 22 heavy (non-hydrogen) atoms. The molecule has 7 heteroatoms. The predicted octanol–water partition coefficient (Wildman–Crippen LogP) is 3.94. The molecule has 0 saturated carbocycles. The van der Waals surface area contributed by atoms with E-state index in [1.165, 1.54) is 0 Å². The maximum Gasteiger partial charge on any atom is 0.143 e. The average Bonchev–Trinajstić information content (AvgIpc) is 2.46. The van der Waals surface area contributed by atoms with Crippen molar-refractivity contribution in [2.75, 3.05) is 25.7 Å². The molecule has 0 aliphatic carbocycles. The van der Waals surface area contributed by atoms with Crippen LogP contribution in [0.1, 0.15) is 13.8 Å². The third-order valence-corrected chi connectivity index (χ3v) is 3.79. The van der Waals surface area contributed by atoms with Gasteiger partial charge in [0, 0.05) is 24.5 Å². The summed E-state index contributed by atoms with van der Waals surface area (Å²) < 4.78 is 10.6. The summed E-state index contributed by atoms with van der Waals surface area (Å²) in [4.78, 5) is 1.98. The number of hydrogen-bond acceptors (Lipinski definition) is 5. The van der Waals surface area contributed by atoms with Crippen LogP contribution in [0.5, 0.6) is 11.5 Å². The van der Waals surface area contributed by atoms with E-state index in [1.807, 2.05) is 18.7 Å². The van der Waals surface area contributed by atoms with Crippen molar-refractivity contribution in [1.82, 2.24) is 5.43 Å². The molecule has 122 valence electrons. The van der Waals surface area contributed by atoms with Gasteiger partial charge >= 0.3 is 0 Å². The number of nitrogens with zero attached hydrogens (tertiary/aromatic N) is 2. The van der Waals surface area contributed by atoms with Gasteiger partial charge in [0.2, 0.25) is 0 Å². The van der Waals surface area contributed by atoms with Crippen molar-refractivity contribution in [3.8, 4) is 11.5 Å². The van der Waals surface area contributed by atoms with Gasteiger partial charge in [-0.3, -0.25) is 5.43 Å². The monoisotopic (exact) mass is 345 g/mol. The molecule has 0 aliphatic rings. The van der Waals surface area contributed by atoms with Crippen LogP contribution in [0.15, 0.2) is 23.4 Å². The average molecular weight is 346 g/mol. The molecule has 0 aliphatic heterocycles. The van der Waals surface area contributed by atoms with Gasteiger partial charge in [-0.1, -0.05) is 29.8 Å². The Balaban J connectivity index is 3.40. The lowest BCUT2D eigenvalue weighted by Gasteiger charge is -2.32. The summed E-state index contributed by atoms with van der Waals surface area (Å²) in [6.45, 7) is 11.8. The minimum atomic E-state index is 0.107. The second kappa shape index (κ2) is 8.15. The zero-order valence-electron chi connectivity index (χ0n) is 13.2. The number of methoxy groups -OCH3 is 2. The summed E-state index contributed by atoms with van der Waals surface area (Å²) in [6, 6.07) is 1.76. The van der Waals surface area contributed by atoms with Gasteiger partial charge in [0.15, 0.2) is 0 Å². The van der Waals surface area contributed by atoms with Gasteiger partial charge < -0.3 is 14.4 Å². The molecule has 0 atom stereocenters. The Morgan fingerprint density at radius 2 is 1.77 bits per heavy atom. The highest BCUT2D eigenvalue weighted by Crippen LogP contribution is 2.46. The first-order valence-corrected chi connectivity index (χ1v) is 7.39. The number of hydrazone groups is 1. The second-order valence-electron chi connectivity index (χ2n) is 4.85. The molecule has 0 aromatic heterocycles. The van der Waals surface area contributed by atoms with Crippen molar-refractivity contribution in [3.63, 3.8) is 0 Å². The third-order valence-electron chi connectivity index (χ3n) is 3.06. The molecular weight excluding hydrogens is 325 g/mol. The van der Waals surface area contributed by atoms with Crippen LogP contribution in [0.25, 0.3) is 0 Å². The Morgan fingerprint density at radius 1 is 1.27 bits per heavy atom. The molecule has 0 bridgehead atoms. The maximum absolute atomic E-state index is 6.45. The molecular formula is C15H21Cl2N3O2. The topological polar surface area (TPSA) is 46.1 Å². The summed E-state index contributed by atoms with van der Waals surface area (Å²) in [5, 5.41) is 4.45. The van der Waals surface area contributed by atoms with Gasteiger partial charge in [-0.2, -0.15) is 5.10 Å². The van der Waals surface area contributed by atoms with E-state index in [0.717, 1.165) is 0 Å². The van der Waals surface area contributed by atoms with E-state index in [9.17, 15) is 0 Å². The summed E-state index contributed by atoms with van der Waals surface area (Å²) in [5.74, 6) is 0.980. The van der Waals surface area contributed by atoms with E-state index in [2.05, 4.69) is 23.8 Å². The molecule has 1 N–H and O–H groups in total. The fraction of sp³-hybridized carbons (Fsp3) is 0.400. The number of ether oxygens (including phenoxy) is 2. The number of benzene rings is 1. The first kappa shape index (κ1) is 18.5. The highest BCUT2D eigenvalue weighted by molar-refractivity contribution is 6.41. The van der Waals surface area contributed by atoms with Crippen LogP contribution in [0.4, 0.5) is 5.69 Å². The van der Waals surface area contributed by atoms with E-state index >= 15 is 0 Å². The molecule has 0 amide bonds. The van der Waals surface area contributed by atoms with Crippen LogP contribution in [-0.2, 0) is 0 Å². The van der Waals surface area contributed by atoms with Gasteiger partial charge in [0.05, 0.1) is 26.5 Å². The lowest BCUT2D eigenvalue weighted by molar-refractivity contribution is 0.394. The first-order chi connectivity index (χ1) is 10.4. The number of nitrogens with one attached hydrogen (secondary N) is 1. The molecule has 0 heterocycles. The molecule has 1 rings (SSSR count). The molecule has 0 saturated heterocycles. The van der Waals surface area contributed by atoms with Crippen LogP contribution >= 0.6 is 23.2 Å².